The van der Waals surface area contributed by atoms with E-state index in [2.05, 4.69) is 5.32 Å². The molecule has 0 spiro atoms. The van der Waals surface area contributed by atoms with Crippen LogP contribution in [0.25, 0.3) is 0 Å². The molecule has 0 aromatic heterocycles. The van der Waals surface area contributed by atoms with Crippen LogP contribution in [0, 0.1) is 6.92 Å². The predicted octanol–water partition coefficient (Wildman–Crippen LogP) is 1.24. The Bertz CT molecular complexity index is 599. The van der Waals surface area contributed by atoms with Gasteiger partial charge >= 0.3 is 0 Å². The molecule has 0 radical (unpaired) electrons. The number of thioether (sulfide) groups is 1. The van der Waals surface area contributed by atoms with Crippen LogP contribution < -0.4 is 5.32 Å². The minimum Gasteiger partial charge on any atom is -0.358 e. The molecule has 5 nitrogen and oxygen atoms in total. The van der Waals surface area contributed by atoms with Crippen LogP contribution in [0.5, 0.6) is 0 Å². The molecule has 7 heteroatoms. The van der Waals surface area contributed by atoms with Crippen molar-refractivity contribution in [1.29, 1.82) is 0 Å². The molecule has 0 saturated carbocycles. The molecule has 1 aromatic rings. The maximum absolute atomic E-state index is 12.5. The molecular formula is C14H20N2O3S2. The molecule has 21 heavy (non-hydrogen) atoms. The first-order chi connectivity index (χ1) is 9.93. The van der Waals surface area contributed by atoms with Crippen LogP contribution in [0.1, 0.15) is 12.0 Å². The van der Waals surface area contributed by atoms with Crippen molar-refractivity contribution in [2.75, 3.05) is 25.9 Å². The lowest BCUT2D eigenvalue weighted by Crippen LogP contribution is -2.29. The third-order valence-corrected chi connectivity index (χ3v) is 6.66. The highest BCUT2D eigenvalue weighted by Crippen LogP contribution is 2.27. The molecule has 1 saturated heterocycles. The van der Waals surface area contributed by atoms with E-state index in [1.807, 2.05) is 6.92 Å². The summed E-state index contributed by atoms with van der Waals surface area (Å²) in [5.74, 6) is 0.347. The second-order valence-corrected chi connectivity index (χ2v) is 8.30. The molecule has 1 aliphatic rings. The second kappa shape index (κ2) is 6.81. The fourth-order valence-electron chi connectivity index (χ4n) is 2.18. The fourth-order valence-corrected chi connectivity index (χ4v) is 4.86. The van der Waals surface area contributed by atoms with Gasteiger partial charge in [-0.2, -0.15) is 4.31 Å². The number of carbonyl (C=O) groups is 1. The van der Waals surface area contributed by atoms with Gasteiger partial charge < -0.3 is 5.32 Å². The van der Waals surface area contributed by atoms with E-state index in [1.165, 1.54) is 16.1 Å². The number of benzene rings is 1. The van der Waals surface area contributed by atoms with Crippen molar-refractivity contribution in [3.8, 4) is 0 Å². The monoisotopic (exact) mass is 328 g/mol. The van der Waals surface area contributed by atoms with Gasteiger partial charge in [0.15, 0.2) is 0 Å². The summed E-state index contributed by atoms with van der Waals surface area (Å²) in [5, 5.41) is 2.75. The van der Waals surface area contributed by atoms with Gasteiger partial charge in [-0.05, 0) is 25.5 Å². The summed E-state index contributed by atoms with van der Waals surface area (Å²) < 4.78 is 26.6. The van der Waals surface area contributed by atoms with E-state index >= 15 is 0 Å². The molecule has 1 aliphatic heterocycles. The summed E-state index contributed by atoms with van der Waals surface area (Å²) in [7, 11) is -1.81. The van der Waals surface area contributed by atoms with Gasteiger partial charge in [0.2, 0.25) is 15.9 Å². The van der Waals surface area contributed by atoms with E-state index in [9.17, 15) is 13.2 Å². The Labute approximate surface area is 130 Å². The lowest BCUT2D eigenvalue weighted by Gasteiger charge is -2.16. The Morgan fingerprint density at radius 1 is 1.38 bits per heavy atom. The molecule has 1 atom stereocenters. The van der Waals surface area contributed by atoms with E-state index in [1.54, 1.807) is 31.3 Å². The van der Waals surface area contributed by atoms with Crippen LogP contribution in [0.4, 0.5) is 0 Å². The maximum atomic E-state index is 12.5. The van der Waals surface area contributed by atoms with Crippen molar-refractivity contribution in [2.24, 2.45) is 0 Å². The number of carbonyl (C=O) groups excluding carboxylic acids is 1. The highest BCUT2D eigenvalue weighted by Gasteiger charge is 2.32. The van der Waals surface area contributed by atoms with E-state index < -0.39 is 10.0 Å². The lowest BCUT2D eigenvalue weighted by molar-refractivity contribution is -0.118. The highest BCUT2D eigenvalue weighted by molar-refractivity contribution is 8.00. The normalized spacial score (nSPS) is 19.6. The predicted molar refractivity (Wildman–Crippen MR) is 84.9 cm³/mol. The van der Waals surface area contributed by atoms with Crippen LogP contribution in [0.15, 0.2) is 29.2 Å². The molecule has 1 aromatic carbocycles. The Balaban J connectivity index is 1.99. The zero-order valence-electron chi connectivity index (χ0n) is 12.2. The third kappa shape index (κ3) is 3.99. The fraction of sp³-hybridized carbons (Fsp3) is 0.500. The first kappa shape index (κ1) is 16.3. The van der Waals surface area contributed by atoms with Gasteiger partial charge in [0.1, 0.15) is 0 Å². The minimum atomic E-state index is -3.41. The van der Waals surface area contributed by atoms with Crippen LogP contribution in [0.3, 0.4) is 0 Å². The lowest BCUT2D eigenvalue weighted by atomic mass is 10.2. The van der Waals surface area contributed by atoms with E-state index in [0.29, 0.717) is 23.7 Å². The molecule has 1 N–H and O–H groups in total. The average molecular weight is 328 g/mol. The molecule has 0 unspecified atom stereocenters. The molecule has 1 amide bonds. The van der Waals surface area contributed by atoms with Gasteiger partial charge in [-0.25, -0.2) is 8.42 Å². The van der Waals surface area contributed by atoms with Gasteiger partial charge in [0.25, 0.3) is 0 Å². The number of amides is 1. The first-order valence-electron chi connectivity index (χ1n) is 6.82. The van der Waals surface area contributed by atoms with Gasteiger partial charge in [-0.15, -0.1) is 11.8 Å². The van der Waals surface area contributed by atoms with Crippen LogP contribution >= 0.6 is 11.8 Å². The number of hydrogen-bond acceptors (Lipinski definition) is 4. The topological polar surface area (TPSA) is 66.5 Å². The van der Waals surface area contributed by atoms with E-state index in [-0.39, 0.29) is 11.2 Å². The Morgan fingerprint density at radius 3 is 2.67 bits per heavy atom. The molecule has 2 rings (SSSR count). The molecule has 116 valence electrons. The van der Waals surface area contributed by atoms with Crippen LogP contribution in [0.2, 0.25) is 0 Å². The Kier molecular flexibility index (Phi) is 5.29. The molecule has 0 aliphatic carbocycles. The summed E-state index contributed by atoms with van der Waals surface area (Å²) in [6.07, 6.45) is 0.784. The minimum absolute atomic E-state index is 0.0279. The molecule has 0 bridgehead atoms. The summed E-state index contributed by atoms with van der Waals surface area (Å²) in [6, 6.07) is 6.91. The summed E-state index contributed by atoms with van der Waals surface area (Å²) >= 11 is 1.52. The van der Waals surface area contributed by atoms with Gasteiger partial charge in [0.05, 0.1) is 10.6 Å². The molecular weight excluding hydrogens is 308 g/mol. The molecule has 1 fully saturated rings. The van der Waals surface area contributed by atoms with E-state index in [4.69, 9.17) is 0 Å². The van der Waals surface area contributed by atoms with Crippen molar-refractivity contribution in [3.63, 3.8) is 0 Å². The van der Waals surface area contributed by atoms with Crippen molar-refractivity contribution in [2.45, 2.75) is 23.5 Å². The summed E-state index contributed by atoms with van der Waals surface area (Å²) in [5.41, 5.74) is 1.04. The summed E-state index contributed by atoms with van der Waals surface area (Å²) in [6.45, 7) is 2.91. The number of rotatable bonds is 5. The standard InChI is InChI=1S/C14H20N2O3S2/c1-11-3-5-13(6-4-11)21(18,19)16-8-7-12(9-16)20-10-14(17)15-2/h3-6,12H,7-10H2,1-2H3,(H,15,17)/t12-/m0/s1. The third-order valence-electron chi connectivity index (χ3n) is 3.50. The van der Waals surface area contributed by atoms with Gasteiger partial charge in [-0.1, -0.05) is 17.7 Å². The number of hydrogen-bond donors (Lipinski definition) is 1. The van der Waals surface area contributed by atoms with E-state index in [0.717, 1.165) is 12.0 Å². The Morgan fingerprint density at radius 2 is 2.05 bits per heavy atom. The zero-order valence-corrected chi connectivity index (χ0v) is 13.8. The number of nitrogens with one attached hydrogen (secondary N) is 1. The maximum Gasteiger partial charge on any atom is 0.243 e. The highest BCUT2D eigenvalue weighted by atomic mass is 32.2. The first-order valence-corrected chi connectivity index (χ1v) is 9.31. The van der Waals surface area contributed by atoms with Crippen molar-refractivity contribution in [1.82, 2.24) is 9.62 Å². The van der Waals surface area contributed by atoms with Gasteiger partial charge in [-0.3, -0.25) is 4.79 Å². The summed E-state index contributed by atoms with van der Waals surface area (Å²) in [4.78, 5) is 11.6. The smallest absolute Gasteiger partial charge is 0.243 e. The van der Waals surface area contributed by atoms with Gasteiger partial charge in [0, 0.05) is 25.4 Å². The second-order valence-electron chi connectivity index (χ2n) is 5.07. The van der Waals surface area contributed by atoms with Crippen molar-refractivity contribution < 1.29 is 13.2 Å². The quantitative estimate of drug-likeness (QED) is 0.883. The van der Waals surface area contributed by atoms with Crippen molar-refractivity contribution >= 4 is 27.7 Å². The van der Waals surface area contributed by atoms with Crippen LogP contribution in [-0.4, -0.2) is 49.8 Å². The molecule has 1 heterocycles. The van der Waals surface area contributed by atoms with Crippen LogP contribution in [-0.2, 0) is 14.8 Å². The number of aryl methyl sites for hydroxylation is 1. The Hall–Kier alpha value is -1.05. The SMILES string of the molecule is CNC(=O)CS[C@H]1CCN(S(=O)(=O)c2ccc(C)cc2)C1. The zero-order chi connectivity index (χ0) is 15.5. The largest absolute Gasteiger partial charge is 0.358 e. The number of nitrogens with zero attached hydrogens (tertiary/aromatic N) is 1. The van der Waals surface area contributed by atoms with Crippen molar-refractivity contribution in [3.05, 3.63) is 29.8 Å². The number of sulfonamides is 1. The average Bonchev–Trinajstić information content (AvgIpc) is 2.95.